The second-order valence-corrected chi connectivity index (χ2v) is 8.43. The van der Waals surface area contributed by atoms with E-state index < -0.39 is 17.4 Å². The highest BCUT2D eigenvalue weighted by molar-refractivity contribution is 6.30. The van der Waals surface area contributed by atoms with Gasteiger partial charge in [0.2, 0.25) is 17.8 Å². The highest BCUT2D eigenvalue weighted by Crippen LogP contribution is 2.32. The summed E-state index contributed by atoms with van der Waals surface area (Å²) in [5.41, 5.74) is 0.312. The van der Waals surface area contributed by atoms with Gasteiger partial charge in [0.25, 0.3) is 5.56 Å². The number of carbonyl (C=O) groups excluding carboxylic acids is 2. The molecule has 1 aromatic heterocycles. The van der Waals surface area contributed by atoms with Gasteiger partial charge in [-0.1, -0.05) is 11.6 Å². The highest BCUT2D eigenvalue weighted by Gasteiger charge is 2.36. The zero-order chi connectivity index (χ0) is 21.4. The van der Waals surface area contributed by atoms with Crippen LogP contribution in [0.2, 0.25) is 5.02 Å². The molecule has 1 aromatic carbocycles. The van der Waals surface area contributed by atoms with Gasteiger partial charge in [0.05, 0.1) is 11.5 Å². The Morgan fingerprint density at radius 3 is 2.50 bits per heavy atom. The molecular formula is C21H24ClN5O3. The first kappa shape index (κ1) is 20.4. The van der Waals surface area contributed by atoms with E-state index in [1.54, 1.807) is 24.3 Å². The third-order valence-electron chi connectivity index (χ3n) is 5.80. The zero-order valence-corrected chi connectivity index (χ0v) is 17.6. The number of H-pyrrole nitrogens is 1. The summed E-state index contributed by atoms with van der Waals surface area (Å²) in [6, 6.07) is 7.07. The molecule has 0 aliphatic carbocycles. The van der Waals surface area contributed by atoms with Gasteiger partial charge in [-0.3, -0.25) is 19.4 Å². The molecule has 9 heteroatoms. The summed E-state index contributed by atoms with van der Waals surface area (Å²) < 4.78 is 0. The lowest BCUT2D eigenvalue weighted by molar-refractivity contribution is -0.123. The van der Waals surface area contributed by atoms with E-state index in [-0.39, 0.29) is 35.8 Å². The Bertz CT molecular complexity index is 1030. The lowest BCUT2D eigenvalue weighted by Crippen LogP contribution is -2.46. The summed E-state index contributed by atoms with van der Waals surface area (Å²) >= 11 is 5.88. The van der Waals surface area contributed by atoms with Crippen LogP contribution in [0.4, 0.5) is 17.5 Å². The predicted molar refractivity (Wildman–Crippen MR) is 116 cm³/mol. The van der Waals surface area contributed by atoms with Gasteiger partial charge < -0.3 is 15.5 Å². The topological polar surface area (TPSA) is 107 Å². The van der Waals surface area contributed by atoms with E-state index in [1.807, 2.05) is 0 Å². The van der Waals surface area contributed by atoms with E-state index in [0.717, 1.165) is 19.3 Å². The number of carbonyl (C=O) groups is 2. The highest BCUT2D eigenvalue weighted by atomic mass is 35.5. The zero-order valence-electron chi connectivity index (χ0n) is 16.9. The summed E-state index contributed by atoms with van der Waals surface area (Å²) in [5.74, 6) is -1.12. The van der Waals surface area contributed by atoms with Crippen molar-refractivity contribution < 1.29 is 9.59 Å². The third-order valence-corrected chi connectivity index (χ3v) is 6.06. The molecule has 2 aliphatic rings. The Kier molecular flexibility index (Phi) is 5.51. The predicted octanol–water partition coefficient (Wildman–Crippen LogP) is 3.26. The number of aromatic nitrogens is 2. The molecule has 0 saturated carbocycles. The van der Waals surface area contributed by atoms with E-state index in [4.69, 9.17) is 11.6 Å². The van der Waals surface area contributed by atoms with Crippen molar-refractivity contribution in [3.05, 3.63) is 45.2 Å². The molecule has 2 amide bonds. The monoisotopic (exact) mass is 429 g/mol. The van der Waals surface area contributed by atoms with Crippen LogP contribution in [0.5, 0.6) is 0 Å². The van der Waals surface area contributed by atoms with Crippen LogP contribution in [0.15, 0.2) is 29.1 Å². The van der Waals surface area contributed by atoms with Gasteiger partial charge in [-0.15, -0.1) is 0 Å². The average molecular weight is 430 g/mol. The summed E-state index contributed by atoms with van der Waals surface area (Å²) in [6.45, 7) is 4.19. The molecule has 2 aromatic rings. The molecule has 3 atom stereocenters. The number of piperidine rings is 1. The van der Waals surface area contributed by atoms with Gasteiger partial charge in [-0.25, -0.2) is 0 Å². The first-order chi connectivity index (χ1) is 14.3. The van der Waals surface area contributed by atoms with Crippen molar-refractivity contribution in [1.29, 1.82) is 0 Å². The maximum absolute atomic E-state index is 13.0. The fraction of sp³-hybridized carbons (Fsp3) is 0.429. The Morgan fingerprint density at radius 2 is 1.83 bits per heavy atom. The van der Waals surface area contributed by atoms with Crippen LogP contribution in [0, 0.1) is 0 Å². The van der Waals surface area contributed by atoms with E-state index in [2.05, 4.69) is 39.3 Å². The molecule has 158 valence electrons. The molecular weight excluding hydrogens is 406 g/mol. The quantitative estimate of drug-likeness (QED) is 0.694. The molecule has 8 nitrogen and oxygen atoms in total. The second kappa shape index (κ2) is 8.10. The molecule has 0 radical (unpaired) electrons. The largest absolute Gasteiger partial charge is 0.337 e. The number of amides is 2. The van der Waals surface area contributed by atoms with Gasteiger partial charge in [-0.2, -0.15) is 4.98 Å². The standard InChI is InChI=1S/C21H24ClN5O3/c1-11-4-3-5-12(2)27(11)21-25-18-17(20(30)26-21)15(10-16(28)24-18)19(29)23-14-8-6-13(22)7-9-14/h6-9,11-12,15H,3-5,10H2,1-2H3,(H,23,29)(H2,24,25,26,28,30)/t11-,12-,15-/m0/s1. The van der Waals surface area contributed by atoms with Crippen LogP contribution < -0.4 is 21.1 Å². The number of halogens is 1. The van der Waals surface area contributed by atoms with E-state index in [9.17, 15) is 14.4 Å². The van der Waals surface area contributed by atoms with Crippen LogP contribution in [-0.4, -0.2) is 33.9 Å². The number of hydrogen-bond acceptors (Lipinski definition) is 5. The minimum absolute atomic E-state index is 0.118. The number of nitrogens with zero attached hydrogens (tertiary/aromatic N) is 2. The van der Waals surface area contributed by atoms with Crippen LogP contribution in [0.3, 0.4) is 0 Å². The number of rotatable bonds is 3. The van der Waals surface area contributed by atoms with E-state index in [1.165, 1.54) is 0 Å². The number of benzene rings is 1. The summed E-state index contributed by atoms with van der Waals surface area (Å²) in [7, 11) is 0. The van der Waals surface area contributed by atoms with Gasteiger partial charge >= 0.3 is 0 Å². The second-order valence-electron chi connectivity index (χ2n) is 7.99. The maximum atomic E-state index is 13.0. The van der Waals surface area contributed by atoms with Gasteiger partial charge in [0, 0.05) is 29.2 Å². The minimum atomic E-state index is -0.925. The number of nitrogens with one attached hydrogen (secondary N) is 3. The van der Waals surface area contributed by atoms with Crippen LogP contribution in [0.25, 0.3) is 0 Å². The van der Waals surface area contributed by atoms with Gasteiger partial charge in [0.15, 0.2) is 0 Å². The van der Waals surface area contributed by atoms with Crippen LogP contribution >= 0.6 is 11.6 Å². The summed E-state index contributed by atoms with van der Waals surface area (Å²) in [6.07, 6.45) is 3.01. The molecule has 0 unspecified atom stereocenters. The maximum Gasteiger partial charge on any atom is 0.258 e. The SMILES string of the molecule is C[C@H]1CCC[C@H](C)N1c1nc2c(c(=O)[nH]1)[C@@H](C(=O)Nc1ccc(Cl)cc1)CC(=O)N2. The number of aromatic amines is 1. The van der Waals surface area contributed by atoms with Crippen molar-refractivity contribution in [2.45, 2.75) is 57.5 Å². The molecule has 0 spiro atoms. The van der Waals surface area contributed by atoms with Gasteiger partial charge in [-0.05, 0) is 57.4 Å². The Hall–Kier alpha value is -2.87. The summed E-state index contributed by atoms with van der Waals surface area (Å²) in [4.78, 5) is 47.6. The molecule has 3 heterocycles. The van der Waals surface area contributed by atoms with Crippen molar-refractivity contribution in [2.24, 2.45) is 0 Å². The molecule has 1 fully saturated rings. The van der Waals surface area contributed by atoms with Crippen molar-refractivity contribution in [3.63, 3.8) is 0 Å². The Morgan fingerprint density at radius 1 is 1.17 bits per heavy atom. The van der Waals surface area contributed by atoms with Crippen LogP contribution in [0.1, 0.15) is 51.0 Å². The lowest BCUT2D eigenvalue weighted by atomic mass is 9.92. The lowest BCUT2D eigenvalue weighted by Gasteiger charge is -2.39. The first-order valence-corrected chi connectivity index (χ1v) is 10.5. The van der Waals surface area contributed by atoms with Crippen LogP contribution in [-0.2, 0) is 9.59 Å². The molecule has 30 heavy (non-hydrogen) atoms. The molecule has 0 bridgehead atoms. The Balaban J connectivity index is 1.67. The first-order valence-electron chi connectivity index (χ1n) is 10.1. The normalized spacial score (nSPS) is 23.5. The van der Waals surface area contributed by atoms with Crippen molar-refractivity contribution in [1.82, 2.24) is 9.97 Å². The smallest absolute Gasteiger partial charge is 0.258 e. The molecule has 2 aliphatic heterocycles. The molecule has 3 N–H and O–H groups in total. The minimum Gasteiger partial charge on any atom is -0.337 e. The number of hydrogen-bond donors (Lipinski definition) is 3. The van der Waals surface area contributed by atoms with E-state index in [0.29, 0.717) is 16.7 Å². The number of anilines is 3. The molecule has 1 saturated heterocycles. The third kappa shape index (κ3) is 3.92. The van der Waals surface area contributed by atoms with Gasteiger partial charge in [0.1, 0.15) is 5.82 Å². The van der Waals surface area contributed by atoms with E-state index >= 15 is 0 Å². The fourth-order valence-corrected chi connectivity index (χ4v) is 4.43. The summed E-state index contributed by atoms with van der Waals surface area (Å²) in [5, 5.41) is 5.97. The Labute approximate surface area is 179 Å². The van der Waals surface area contributed by atoms with Crippen molar-refractivity contribution >= 4 is 40.9 Å². The number of fused-ring (bicyclic) bond motifs is 1. The van der Waals surface area contributed by atoms with Crippen molar-refractivity contribution in [3.8, 4) is 0 Å². The average Bonchev–Trinajstić information content (AvgIpc) is 2.68. The van der Waals surface area contributed by atoms with Crippen molar-refractivity contribution in [2.75, 3.05) is 15.5 Å². The fourth-order valence-electron chi connectivity index (χ4n) is 4.31. The molecule has 4 rings (SSSR count).